The van der Waals surface area contributed by atoms with Gasteiger partial charge in [-0.25, -0.2) is 4.39 Å². The molecule has 0 saturated carbocycles. The Morgan fingerprint density at radius 1 is 1.25 bits per heavy atom. The van der Waals surface area contributed by atoms with Gasteiger partial charge in [0, 0.05) is 11.4 Å². The van der Waals surface area contributed by atoms with Crippen LogP contribution in [-0.2, 0) is 6.42 Å². The summed E-state index contributed by atoms with van der Waals surface area (Å²) in [5.41, 5.74) is 2.39. The molecule has 2 aromatic rings. The monoisotopic (exact) mass is 289 g/mol. The van der Waals surface area contributed by atoms with Gasteiger partial charge < -0.3 is 5.32 Å². The molecule has 2 aromatic carbocycles. The maximum absolute atomic E-state index is 13.5. The predicted octanol–water partition coefficient (Wildman–Crippen LogP) is 3.40. The summed E-state index contributed by atoms with van der Waals surface area (Å²) in [6, 6.07) is 12.2. The summed E-state index contributed by atoms with van der Waals surface area (Å²) in [4.78, 5) is 12.5. The Morgan fingerprint density at radius 2 is 2.00 bits per heavy atom. The van der Waals surface area contributed by atoms with Gasteiger partial charge >= 0.3 is 0 Å². The van der Waals surface area contributed by atoms with Crippen LogP contribution in [0.15, 0.2) is 47.4 Å². The van der Waals surface area contributed by atoms with Crippen molar-refractivity contribution in [1.82, 2.24) is 5.32 Å². The lowest BCUT2D eigenvalue weighted by atomic mass is 10.1. The van der Waals surface area contributed by atoms with Crippen molar-refractivity contribution in [1.29, 1.82) is 0 Å². The van der Waals surface area contributed by atoms with E-state index in [-0.39, 0.29) is 5.56 Å². The molecule has 0 fully saturated rings. The van der Waals surface area contributed by atoms with Gasteiger partial charge in [-0.3, -0.25) is 4.79 Å². The Hall–Kier alpha value is -1.81. The summed E-state index contributed by atoms with van der Waals surface area (Å²) in [6.45, 7) is 2.50. The van der Waals surface area contributed by atoms with Crippen molar-refractivity contribution < 1.29 is 9.18 Å². The van der Waals surface area contributed by atoms with Crippen LogP contribution in [-0.4, -0.2) is 12.5 Å². The minimum Gasteiger partial charge on any atom is -0.352 e. The van der Waals surface area contributed by atoms with Crippen molar-refractivity contribution in [3.05, 3.63) is 65.0 Å². The quantitative estimate of drug-likeness (QED) is 0.830. The van der Waals surface area contributed by atoms with Gasteiger partial charge in [-0.15, -0.1) is 12.6 Å². The van der Waals surface area contributed by atoms with Crippen LogP contribution in [0.2, 0.25) is 0 Å². The topological polar surface area (TPSA) is 29.1 Å². The highest BCUT2D eigenvalue weighted by Gasteiger charge is 2.11. The Kier molecular flexibility index (Phi) is 4.79. The van der Waals surface area contributed by atoms with E-state index in [0.717, 1.165) is 6.42 Å². The second-order valence-electron chi connectivity index (χ2n) is 4.60. The normalized spacial score (nSPS) is 10.3. The number of hydrogen-bond acceptors (Lipinski definition) is 2. The molecule has 1 N–H and O–H groups in total. The van der Waals surface area contributed by atoms with Gasteiger partial charge in [0.2, 0.25) is 0 Å². The molecule has 2 rings (SSSR count). The van der Waals surface area contributed by atoms with Crippen LogP contribution in [0.1, 0.15) is 21.5 Å². The third-order valence-electron chi connectivity index (χ3n) is 3.14. The van der Waals surface area contributed by atoms with E-state index in [4.69, 9.17) is 0 Å². The fourth-order valence-electron chi connectivity index (χ4n) is 1.98. The lowest BCUT2D eigenvalue weighted by Crippen LogP contribution is -2.26. The standard InChI is InChI=1S/C16H16FNOS/c1-11-4-2-3-5-12(11)8-9-18-16(19)14-10-13(20)6-7-15(14)17/h2-7,10,20H,8-9H2,1H3,(H,18,19). The number of rotatable bonds is 4. The van der Waals surface area contributed by atoms with E-state index < -0.39 is 11.7 Å². The fourth-order valence-corrected chi connectivity index (χ4v) is 2.19. The zero-order valence-electron chi connectivity index (χ0n) is 11.2. The SMILES string of the molecule is Cc1ccccc1CCNC(=O)c1cc(S)ccc1F. The van der Waals surface area contributed by atoms with Gasteiger partial charge in [0.1, 0.15) is 5.82 Å². The third kappa shape index (κ3) is 3.61. The van der Waals surface area contributed by atoms with E-state index in [1.165, 1.54) is 29.3 Å². The molecule has 0 radical (unpaired) electrons. The highest BCUT2D eigenvalue weighted by Crippen LogP contribution is 2.13. The Balaban J connectivity index is 1.96. The number of benzene rings is 2. The van der Waals surface area contributed by atoms with Crippen LogP contribution in [0.5, 0.6) is 0 Å². The second kappa shape index (κ2) is 6.57. The molecule has 0 aliphatic carbocycles. The summed E-state index contributed by atoms with van der Waals surface area (Å²) in [7, 11) is 0. The number of aryl methyl sites for hydroxylation is 1. The molecule has 0 saturated heterocycles. The zero-order valence-corrected chi connectivity index (χ0v) is 12.1. The molecule has 20 heavy (non-hydrogen) atoms. The molecular weight excluding hydrogens is 273 g/mol. The first kappa shape index (κ1) is 14.6. The molecule has 104 valence electrons. The van der Waals surface area contributed by atoms with Crippen molar-refractivity contribution in [3.63, 3.8) is 0 Å². The predicted molar refractivity (Wildman–Crippen MR) is 80.9 cm³/mol. The van der Waals surface area contributed by atoms with E-state index in [1.54, 1.807) is 0 Å². The largest absolute Gasteiger partial charge is 0.352 e. The molecular formula is C16H16FNOS. The number of carbonyl (C=O) groups is 1. The molecule has 0 heterocycles. The molecule has 0 atom stereocenters. The summed E-state index contributed by atoms with van der Waals surface area (Å²) < 4.78 is 13.5. The fraction of sp³-hybridized carbons (Fsp3) is 0.188. The molecule has 0 unspecified atom stereocenters. The summed E-state index contributed by atoms with van der Waals surface area (Å²) in [5, 5.41) is 2.73. The van der Waals surface area contributed by atoms with Crippen molar-refractivity contribution in [3.8, 4) is 0 Å². The van der Waals surface area contributed by atoms with Gasteiger partial charge in [-0.1, -0.05) is 24.3 Å². The summed E-state index contributed by atoms with van der Waals surface area (Å²) in [5.74, 6) is -0.942. The molecule has 2 nitrogen and oxygen atoms in total. The highest BCUT2D eigenvalue weighted by atomic mass is 32.1. The van der Waals surface area contributed by atoms with Gasteiger partial charge in [-0.2, -0.15) is 0 Å². The molecule has 0 aliphatic heterocycles. The van der Waals surface area contributed by atoms with E-state index in [2.05, 4.69) is 17.9 Å². The maximum atomic E-state index is 13.5. The van der Waals surface area contributed by atoms with Gasteiger partial charge in [-0.05, 0) is 42.7 Å². The smallest absolute Gasteiger partial charge is 0.254 e. The number of nitrogens with one attached hydrogen (secondary N) is 1. The van der Waals surface area contributed by atoms with E-state index in [0.29, 0.717) is 11.4 Å². The number of carbonyl (C=O) groups excluding carboxylic acids is 1. The molecule has 0 aromatic heterocycles. The first-order valence-corrected chi connectivity index (χ1v) is 6.84. The lowest BCUT2D eigenvalue weighted by Gasteiger charge is -2.08. The van der Waals surface area contributed by atoms with Crippen LogP contribution in [0.3, 0.4) is 0 Å². The van der Waals surface area contributed by atoms with Crippen molar-refractivity contribution in [2.75, 3.05) is 6.54 Å². The minimum atomic E-state index is -0.531. The molecule has 0 spiro atoms. The maximum Gasteiger partial charge on any atom is 0.254 e. The number of hydrogen-bond donors (Lipinski definition) is 2. The Morgan fingerprint density at radius 3 is 2.75 bits per heavy atom. The van der Waals surface area contributed by atoms with Crippen LogP contribution in [0.25, 0.3) is 0 Å². The van der Waals surface area contributed by atoms with Crippen molar-refractivity contribution in [2.45, 2.75) is 18.2 Å². The van der Waals surface area contributed by atoms with E-state index in [9.17, 15) is 9.18 Å². The average Bonchev–Trinajstić information content (AvgIpc) is 2.43. The lowest BCUT2D eigenvalue weighted by molar-refractivity contribution is 0.0950. The van der Waals surface area contributed by atoms with Crippen LogP contribution >= 0.6 is 12.6 Å². The first-order chi connectivity index (χ1) is 9.58. The minimum absolute atomic E-state index is 0.0299. The third-order valence-corrected chi connectivity index (χ3v) is 3.41. The summed E-state index contributed by atoms with van der Waals surface area (Å²) >= 11 is 4.11. The van der Waals surface area contributed by atoms with E-state index in [1.807, 2.05) is 31.2 Å². The molecule has 0 aliphatic rings. The highest BCUT2D eigenvalue weighted by molar-refractivity contribution is 7.80. The second-order valence-corrected chi connectivity index (χ2v) is 5.11. The average molecular weight is 289 g/mol. The Labute approximate surface area is 123 Å². The number of halogens is 1. The molecule has 4 heteroatoms. The Bertz CT molecular complexity index is 628. The van der Waals surface area contributed by atoms with Crippen LogP contribution < -0.4 is 5.32 Å². The molecule has 1 amide bonds. The van der Waals surface area contributed by atoms with Crippen LogP contribution in [0, 0.1) is 12.7 Å². The molecule has 0 bridgehead atoms. The first-order valence-electron chi connectivity index (χ1n) is 6.39. The van der Waals surface area contributed by atoms with E-state index >= 15 is 0 Å². The van der Waals surface area contributed by atoms with Gasteiger partial charge in [0.15, 0.2) is 0 Å². The van der Waals surface area contributed by atoms with Crippen LogP contribution in [0.4, 0.5) is 4.39 Å². The number of amides is 1. The van der Waals surface area contributed by atoms with Gasteiger partial charge in [0.05, 0.1) is 5.56 Å². The van der Waals surface area contributed by atoms with Crippen molar-refractivity contribution >= 4 is 18.5 Å². The van der Waals surface area contributed by atoms with Crippen molar-refractivity contribution in [2.24, 2.45) is 0 Å². The zero-order chi connectivity index (χ0) is 14.5. The number of thiol groups is 1. The summed E-state index contributed by atoms with van der Waals surface area (Å²) in [6.07, 6.45) is 0.723. The van der Waals surface area contributed by atoms with Gasteiger partial charge in [0.25, 0.3) is 5.91 Å².